The first-order chi connectivity index (χ1) is 8.03. The van der Waals surface area contributed by atoms with Crippen LogP contribution in [0.5, 0.6) is 0 Å². The molecule has 1 N–H and O–H groups in total. The Morgan fingerprint density at radius 3 is 2.35 bits per heavy atom. The van der Waals surface area contributed by atoms with Crippen molar-refractivity contribution in [1.29, 1.82) is 0 Å². The van der Waals surface area contributed by atoms with Crippen LogP contribution in [0.15, 0.2) is 18.2 Å². The molecule has 0 aromatic heterocycles. The minimum Gasteiger partial charge on any atom is -0.382 e. The molecule has 0 spiro atoms. The predicted octanol–water partition coefficient (Wildman–Crippen LogP) is 2.84. The van der Waals surface area contributed by atoms with Crippen LogP contribution in [0, 0.1) is 11.6 Å². The van der Waals surface area contributed by atoms with E-state index in [-0.39, 0.29) is 5.56 Å². The topological polar surface area (TPSA) is 37.3 Å². The van der Waals surface area contributed by atoms with E-state index in [1.807, 2.05) is 0 Å². The van der Waals surface area contributed by atoms with Gasteiger partial charge in [0.15, 0.2) is 17.4 Å². The van der Waals surface area contributed by atoms with Gasteiger partial charge in [-0.1, -0.05) is 19.3 Å². The predicted molar refractivity (Wildman–Crippen MR) is 58.7 cm³/mol. The van der Waals surface area contributed by atoms with Crippen molar-refractivity contribution >= 4 is 5.78 Å². The Balaban J connectivity index is 2.26. The van der Waals surface area contributed by atoms with Crippen LogP contribution < -0.4 is 0 Å². The molecule has 0 bridgehead atoms. The third kappa shape index (κ3) is 2.36. The monoisotopic (exact) mass is 240 g/mol. The molecule has 1 fully saturated rings. The van der Waals surface area contributed by atoms with Gasteiger partial charge in [0.25, 0.3) is 0 Å². The number of carbonyl (C=O) groups excluding carboxylic acids is 1. The third-order valence-electron chi connectivity index (χ3n) is 3.29. The van der Waals surface area contributed by atoms with E-state index >= 15 is 0 Å². The molecule has 0 aliphatic heterocycles. The van der Waals surface area contributed by atoms with Crippen LogP contribution in [0.2, 0.25) is 0 Å². The van der Waals surface area contributed by atoms with E-state index in [0.29, 0.717) is 12.8 Å². The Morgan fingerprint density at radius 1 is 1.12 bits per heavy atom. The summed E-state index contributed by atoms with van der Waals surface area (Å²) in [5.74, 6) is -2.55. The van der Waals surface area contributed by atoms with Gasteiger partial charge in [-0.3, -0.25) is 4.79 Å². The van der Waals surface area contributed by atoms with E-state index in [2.05, 4.69) is 0 Å². The van der Waals surface area contributed by atoms with Crippen LogP contribution in [0.25, 0.3) is 0 Å². The highest BCUT2D eigenvalue weighted by Gasteiger charge is 2.37. The number of hydrogen-bond acceptors (Lipinski definition) is 2. The van der Waals surface area contributed by atoms with Crippen molar-refractivity contribution in [2.45, 2.75) is 37.7 Å². The molecule has 2 rings (SSSR count). The molecular formula is C13H14F2O2. The maximum Gasteiger partial charge on any atom is 0.194 e. The Labute approximate surface area is 98.3 Å². The van der Waals surface area contributed by atoms with Crippen molar-refractivity contribution in [3.63, 3.8) is 0 Å². The number of carbonyl (C=O) groups is 1. The second-order valence-electron chi connectivity index (χ2n) is 4.55. The first kappa shape index (κ1) is 12.2. The Bertz CT molecular complexity index is 437. The van der Waals surface area contributed by atoms with Crippen LogP contribution in [0.1, 0.15) is 42.5 Å². The molecule has 1 aromatic carbocycles. The van der Waals surface area contributed by atoms with Crippen LogP contribution in [-0.4, -0.2) is 16.5 Å². The van der Waals surface area contributed by atoms with Gasteiger partial charge in [0, 0.05) is 5.56 Å². The smallest absolute Gasteiger partial charge is 0.194 e. The number of ketones is 1. The molecule has 1 aliphatic rings. The van der Waals surface area contributed by atoms with E-state index < -0.39 is 23.0 Å². The number of Topliss-reactive ketones (excluding diaryl/α,β-unsaturated/α-hetero) is 1. The van der Waals surface area contributed by atoms with Crippen molar-refractivity contribution in [1.82, 2.24) is 0 Å². The molecule has 0 heterocycles. The summed E-state index contributed by atoms with van der Waals surface area (Å²) in [4.78, 5) is 12.0. The fourth-order valence-electron chi connectivity index (χ4n) is 2.27. The summed E-state index contributed by atoms with van der Waals surface area (Å²) in [6, 6.07) is 2.98. The maximum atomic E-state index is 13.0. The highest BCUT2D eigenvalue weighted by atomic mass is 19.2. The summed E-state index contributed by atoms with van der Waals surface area (Å²) in [7, 11) is 0. The number of hydrogen-bond donors (Lipinski definition) is 1. The lowest BCUT2D eigenvalue weighted by Gasteiger charge is -2.30. The molecule has 1 saturated carbocycles. The second-order valence-corrected chi connectivity index (χ2v) is 4.55. The number of rotatable bonds is 2. The highest BCUT2D eigenvalue weighted by Crippen LogP contribution is 2.31. The molecule has 92 valence electrons. The SMILES string of the molecule is O=C(c1ccc(F)c(F)c1)C1(O)CCCCC1. The van der Waals surface area contributed by atoms with Crippen molar-refractivity contribution in [2.24, 2.45) is 0 Å². The molecule has 0 unspecified atom stereocenters. The fourth-order valence-corrected chi connectivity index (χ4v) is 2.27. The van der Waals surface area contributed by atoms with Crippen LogP contribution in [-0.2, 0) is 0 Å². The fraction of sp³-hybridized carbons (Fsp3) is 0.462. The summed E-state index contributed by atoms with van der Waals surface area (Å²) in [5.41, 5.74) is -1.36. The highest BCUT2D eigenvalue weighted by molar-refractivity contribution is 6.02. The maximum absolute atomic E-state index is 13.0. The molecule has 0 atom stereocenters. The summed E-state index contributed by atoms with van der Waals surface area (Å²) >= 11 is 0. The van der Waals surface area contributed by atoms with E-state index in [9.17, 15) is 18.7 Å². The van der Waals surface area contributed by atoms with Crippen molar-refractivity contribution in [3.05, 3.63) is 35.4 Å². The first-order valence-corrected chi connectivity index (χ1v) is 5.75. The molecule has 0 radical (unpaired) electrons. The van der Waals surface area contributed by atoms with Gasteiger partial charge in [-0.2, -0.15) is 0 Å². The lowest BCUT2D eigenvalue weighted by Crippen LogP contribution is -2.40. The van der Waals surface area contributed by atoms with E-state index in [1.165, 1.54) is 6.07 Å². The molecule has 1 aromatic rings. The Kier molecular flexibility index (Phi) is 3.24. The standard InChI is InChI=1S/C13H14F2O2/c14-10-5-4-9(8-11(10)15)12(16)13(17)6-2-1-3-7-13/h4-5,8,17H,1-3,6-7H2. The van der Waals surface area contributed by atoms with Crippen LogP contribution in [0.3, 0.4) is 0 Å². The van der Waals surface area contributed by atoms with Gasteiger partial charge in [0.05, 0.1) is 0 Å². The van der Waals surface area contributed by atoms with E-state index in [0.717, 1.165) is 31.4 Å². The summed E-state index contributed by atoms with van der Waals surface area (Å²) < 4.78 is 25.8. The third-order valence-corrected chi connectivity index (χ3v) is 3.29. The van der Waals surface area contributed by atoms with Gasteiger partial charge in [-0.05, 0) is 31.0 Å². The largest absolute Gasteiger partial charge is 0.382 e. The zero-order chi connectivity index (χ0) is 12.5. The lowest BCUT2D eigenvalue weighted by molar-refractivity contribution is 0.0116. The Hall–Kier alpha value is -1.29. The average Bonchev–Trinajstić information content (AvgIpc) is 2.33. The van der Waals surface area contributed by atoms with Gasteiger partial charge in [0.1, 0.15) is 5.60 Å². The second kappa shape index (κ2) is 4.53. The van der Waals surface area contributed by atoms with Crippen LogP contribution >= 0.6 is 0 Å². The lowest BCUT2D eigenvalue weighted by atomic mass is 9.79. The number of aliphatic hydroxyl groups is 1. The van der Waals surface area contributed by atoms with Gasteiger partial charge in [-0.15, -0.1) is 0 Å². The molecule has 2 nitrogen and oxygen atoms in total. The van der Waals surface area contributed by atoms with Crippen LogP contribution in [0.4, 0.5) is 8.78 Å². The molecular weight excluding hydrogens is 226 g/mol. The molecule has 0 amide bonds. The number of halogens is 2. The van der Waals surface area contributed by atoms with Crippen molar-refractivity contribution in [3.8, 4) is 0 Å². The Morgan fingerprint density at radius 2 is 1.76 bits per heavy atom. The van der Waals surface area contributed by atoms with Gasteiger partial charge in [-0.25, -0.2) is 8.78 Å². The van der Waals surface area contributed by atoms with Gasteiger partial charge in [0.2, 0.25) is 0 Å². The number of benzene rings is 1. The van der Waals surface area contributed by atoms with Gasteiger partial charge >= 0.3 is 0 Å². The summed E-state index contributed by atoms with van der Waals surface area (Å²) in [6.07, 6.45) is 3.35. The first-order valence-electron chi connectivity index (χ1n) is 5.75. The zero-order valence-corrected chi connectivity index (χ0v) is 9.38. The summed E-state index contributed by atoms with van der Waals surface area (Å²) in [5, 5.41) is 10.2. The van der Waals surface area contributed by atoms with E-state index in [4.69, 9.17) is 0 Å². The zero-order valence-electron chi connectivity index (χ0n) is 9.38. The minimum atomic E-state index is -1.40. The normalized spacial score (nSPS) is 19.0. The minimum absolute atomic E-state index is 0.0355. The van der Waals surface area contributed by atoms with E-state index in [1.54, 1.807) is 0 Å². The quantitative estimate of drug-likeness (QED) is 0.807. The van der Waals surface area contributed by atoms with Crippen molar-refractivity contribution < 1.29 is 18.7 Å². The molecule has 0 saturated heterocycles. The summed E-state index contributed by atoms with van der Waals surface area (Å²) in [6.45, 7) is 0. The average molecular weight is 240 g/mol. The molecule has 17 heavy (non-hydrogen) atoms. The van der Waals surface area contributed by atoms with Crippen molar-refractivity contribution in [2.75, 3.05) is 0 Å². The molecule has 1 aliphatic carbocycles. The molecule has 4 heteroatoms. The van der Waals surface area contributed by atoms with Gasteiger partial charge < -0.3 is 5.11 Å².